The molecule has 1 saturated carbocycles. The highest BCUT2D eigenvalue weighted by atomic mass is 79.9. The molecule has 0 atom stereocenters. The molecule has 0 unspecified atom stereocenters. The van der Waals surface area contributed by atoms with Crippen molar-refractivity contribution in [2.75, 3.05) is 17.3 Å². The molecule has 3 rings (SSSR count). The lowest BCUT2D eigenvalue weighted by molar-refractivity contribution is 0.230. The number of hydrogen-bond donors (Lipinski definition) is 0. The van der Waals surface area contributed by atoms with Crippen LogP contribution in [0.2, 0.25) is 5.02 Å². The first-order valence-electron chi connectivity index (χ1n) is 7.74. The Hall–Kier alpha value is 0.270. The number of benzene rings is 1. The molecule has 0 amide bonds. The van der Waals surface area contributed by atoms with Crippen LogP contribution < -0.4 is 4.74 Å². The summed E-state index contributed by atoms with van der Waals surface area (Å²) in [6.45, 7) is 0.793. The molecule has 0 spiro atoms. The quantitative estimate of drug-likeness (QED) is 0.532. The Morgan fingerprint density at radius 1 is 1.19 bits per heavy atom. The van der Waals surface area contributed by atoms with E-state index in [9.17, 15) is 0 Å². The largest absolute Gasteiger partial charge is 0.493 e. The highest BCUT2D eigenvalue weighted by molar-refractivity contribution is 9.09. The third-order valence-corrected chi connectivity index (χ3v) is 7.57. The van der Waals surface area contributed by atoms with Crippen molar-refractivity contribution in [1.29, 1.82) is 0 Å². The van der Waals surface area contributed by atoms with E-state index in [-0.39, 0.29) is 5.41 Å². The van der Waals surface area contributed by atoms with Crippen LogP contribution in [0.5, 0.6) is 5.75 Å². The standard InChI is InChI=1S/C17H21Br2ClO/c18-10-17(11-19,14-3-1-2-4-14)9-13-8-15(20)7-12-5-6-21-16(12)13/h7-8,14H,1-6,9-11H2. The second-order valence-corrected chi connectivity index (χ2v) is 8.00. The summed E-state index contributed by atoms with van der Waals surface area (Å²) in [6.07, 6.45) is 7.47. The summed E-state index contributed by atoms with van der Waals surface area (Å²) in [4.78, 5) is 0. The van der Waals surface area contributed by atoms with E-state index < -0.39 is 0 Å². The van der Waals surface area contributed by atoms with Gasteiger partial charge in [0.15, 0.2) is 0 Å². The van der Waals surface area contributed by atoms with Crippen molar-refractivity contribution in [1.82, 2.24) is 0 Å². The Morgan fingerprint density at radius 3 is 2.57 bits per heavy atom. The van der Waals surface area contributed by atoms with E-state index >= 15 is 0 Å². The SMILES string of the molecule is Clc1cc2c(c(CC(CBr)(CBr)C3CCCC3)c1)OCC2. The highest BCUT2D eigenvalue weighted by Crippen LogP contribution is 2.47. The first-order valence-corrected chi connectivity index (χ1v) is 10.4. The molecular weight excluding hydrogens is 415 g/mol. The van der Waals surface area contributed by atoms with Crippen LogP contribution >= 0.6 is 43.5 Å². The minimum absolute atomic E-state index is 0.265. The zero-order valence-corrected chi connectivity index (χ0v) is 16.1. The fourth-order valence-corrected chi connectivity index (χ4v) is 6.39. The second kappa shape index (κ2) is 6.80. The molecule has 0 bridgehead atoms. The normalized spacial score (nSPS) is 18.8. The minimum atomic E-state index is 0.265. The zero-order chi connectivity index (χ0) is 14.9. The van der Waals surface area contributed by atoms with E-state index in [4.69, 9.17) is 16.3 Å². The van der Waals surface area contributed by atoms with E-state index in [2.05, 4.69) is 44.0 Å². The first kappa shape index (κ1) is 16.1. The summed E-state index contributed by atoms with van der Waals surface area (Å²) in [5.74, 6) is 1.89. The van der Waals surface area contributed by atoms with Crippen LogP contribution in [0.1, 0.15) is 36.8 Å². The van der Waals surface area contributed by atoms with E-state index in [1.807, 2.05) is 0 Å². The van der Waals surface area contributed by atoms with Gasteiger partial charge >= 0.3 is 0 Å². The van der Waals surface area contributed by atoms with Crippen LogP contribution in [0, 0.1) is 11.3 Å². The van der Waals surface area contributed by atoms with Gasteiger partial charge in [-0.1, -0.05) is 56.3 Å². The van der Waals surface area contributed by atoms with Crippen LogP contribution in [0.4, 0.5) is 0 Å². The summed E-state index contributed by atoms with van der Waals surface area (Å²) in [5, 5.41) is 2.90. The van der Waals surface area contributed by atoms with Gasteiger partial charge in [0, 0.05) is 22.1 Å². The topological polar surface area (TPSA) is 9.23 Å². The highest BCUT2D eigenvalue weighted by Gasteiger charge is 2.39. The van der Waals surface area contributed by atoms with Gasteiger partial charge in [-0.2, -0.15) is 0 Å². The Bertz CT molecular complexity index is 508. The van der Waals surface area contributed by atoms with Crippen molar-refractivity contribution in [3.8, 4) is 5.75 Å². The smallest absolute Gasteiger partial charge is 0.125 e. The molecule has 116 valence electrons. The number of ether oxygens (including phenoxy) is 1. The lowest BCUT2D eigenvalue weighted by Gasteiger charge is -2.37. The van der Waals surface area contributed by atoms with Gasteiger partial charge in [-0.25, -0.2) is 0 Å². The molecular formula is C17H21Br2ClO. The molecule has 0 aromatic heterocycles. The zero-order valence-electron chi connectivity index (χ0n) is 12.1. The summed E-state index contributed by atoms with van der Waals surface area (Å²) in [7, 11) is 0. The molecule has 1 aliphatic carbocycles. The van der Waals surface area contributed by atoms with E-state index in [1.165, 1.54) is 36.8 Å². The van der Waals surface area contributed by atoms with Crippen LogP contribution in [0.3, 0.4) is 0 Å². The van der Waals surface area contributed by atoms with Crippen LogP contribution in [0.15, 0.2) is 12.1 Å². The van der Waals surface area contributed by atoms with Crippen molar-refractivity contribution in [2.45, 2.75) is 38.5 Å². The van der Waals surface area contributed by atoms with Gasteiger partial charge in [0.2, 0.25) is 0 Å². The van der Waals surface area contributed by atoms with Gasteiger partial charge in [0.1, 0.15) is 5.75 Å². The summed E-state index contributed by atoms with van der Waals surface area (Å²) in [6, 6.07) is 4.17. The van der Waals surface area contributed by atoms with Gasteiger partial charge < -0.3 is 4.74 Å². The Labute approximate surface area is 149 Å². The Kier molecular flexibility index (Phi) is 5.23. The molecule has 4 heteroatoms. The lowest BCUT2D eigenvalue weighted by Crippen LogP contribution is -2.35. The molecule has 1 fully saturated rings. The fourth-order valence-electron chi connectivity index (χ4n) is 3.89. The maximum atomic E-state index is 6.32. The van der Waals surface area contributed by atoms with Crippen LogP contribution in [-0.2, 0) is 12.8 Å². The predicted octanol–water partition coefficient (Wildman–Crippen LogP) is 5.78. The first-order chi connectivity index (χ1) is 10.2. The van der Waals surface area contributed by atoms with Crippen molar-refractivity contribution in [3.05, 3.63) is 28.3 Å². The molecule has 1 heterocycles. The van der Waals surface area contributed by atoms with Crippen molar-refractivity contribution < 1.29 is 4.74 Å². The summed E-state index contributed by atoms with van der Waals surface area (Å²) >= 11 is 13.9. The second-order valence-electron chi connectivity index (χ2n) is 6.44. The molecule has 1 aliphatic heterocycles. The molecule has 2 aliphatic rings. The average molecular weight is 437 g/mol. The number of rotatable bonds is 5. The van der Waals surface area contributed by atoms with Gasteiger partial charge in [-0.15, -0.1) is 0 Å². The van der Waals surface area contributed by atoms with Crippen molar-refractivity contribution in [2.24, 2.45) is 11.3 Å². The molecule has 0 saturated heterocycles. The summed E-state index contributed by atoms with van der Waals surface area (Å²) < 4.78 is 5.89. The van der Waals surface area contributed by atoms with Crippen molar-refractivity contribution >= 4 is 43.5 Å². The van der Waals surface area contributed by atoms with Gasteiger partial charge in [-0.05, 0) is 53.9 Å². The van der Waals surface area contributed by atoms with E-state index in [1.54, 1.807) is 0 Å². The maximum Gasteiger partial charge on any atom is 0.125 e. The maximum absolute atomic E-state index is 6.32. The number of hydrogen-bond acceptors (Lipinski definition) is 1. The molecule has 1 aromatic carbocycles. The van der Waals surface area contributed by atoms with E-state index in [0.29, 0.717) is 0 Å². The predicted molar refractivity (Wildman–Crippen MR) is 96.3 cm³/mol. The van der Waals surface area contributed by atoms with Gasteiger partial charge in [0.05, 0.1) is 6.61 Å². The Morgan fingerprint density at radius 2 is 1.90 bits per heavy atom. The molecule has 1 nitrogen and oxygen atoms in total. The Balaban J connectivity index is 1.93. The number of alkyl halides is 2. The fraction of sp³-hybridized carbons (Fsp3) is 0.647. The molecule has 0 radical (unpaired) electrons. The van der Waals surface area contributed by atoms with Crippen LogP contribution in [0.25, 0.3) is 0 Å². The number of fused-ring (bicyclic) bond motifs is 1. The summed E-state index contributed by atoms with van der Waals surface area (Å²) in [5.41, 5.74) is 2.84. The van der Waals surface area contributed by atoms with E-state index in [0.717, 1.165) is 46.8 Å². The van der Waals surface area contributed by atoms with Crippen molar-refractivity contribution in [3.63, 3.8) is 0 Å². The van der Waals surface area contributed by atoms with Gasteiger partial charge in [-0.3, -0.25) is 0 Å². The monoisotopic (exact) mass is 434 g/mol. The lowest BCUT2D eigenvalue weighted by atomic mass is 9.73. The van der Waals surface area contributed by atoms with Crippen LogP contribution in [-0.4, -0.2) is 17.3 Å². The molecule has 0 N–H and O–H groups in total. The third kappa shape index (κ3) is 3.16. The van der Waals surface area contributed by atoms with Gasteiger partial charge in [0.25, 0.3) is 0 Å². The molecule has 1 aromatic rings. The average Bonchev–Trinajstić information content (AvgIpc) is 3.15. The number of halogens is 3. The third-order valence-electron chi connectivity index (χ3n) is 5.12. The minimum Gasteiger partial charge on any atom is -0.493 e. The molecule has 21 heavy (non-hydrogen) atoms.